The van der Waals surface area contributed by atoms with Gasteiger partial charge < -0.3 is 9.47 Å². The van der Waals surface area contributed by atoms with E-state index in [-0.39, 0.29) is 18.1 Å². The maximum atomic E-state index is 13.6. The molecule has 1 amide bonds. The topological polar surface area (TPSA) is 38.1 Å². The summed E-state index contributed by atoms with van der Waals surface area (Å²) in [6.07, 6.45) is 5.87. The fourth-order valence-electron chi connectivity index (χ4n) is 3.00. The smallest absolute Gasteiger partial charge is 0.226 e. The number of aromatic nitrogens is 2. The summed E-state index contributed by atoms with van der Waals surface area (Å²) in [6, 6.07) is 6.45. The van der Waals surface area contributed by atoms with Gasteiger partial charge in [0, 0.05) is 39.0 Å². The molecule has 0 bridgehead atoms. The molecule has 1 unspecified atom stereocenters. The number of halogens is 1. The zero-order valence-electron chi connectivity index (χ0n) is 12.7. The normalized spacial score (nSPS) is 17.1. The molecule has 0 saturated heterocycles. The third-order valence-electron chi connectivity index (χ3n) is 4.31. The highest BCUT2D eigenvalue weighted by atomic mass is 19.1. The van der Waals surface area contributed by atoms with Crippen molar-refractivity contribution in [3.05, 3.63) is 53.9 Å². The number of likely N-dealkylation sites (N-methyl/N-ethyl adjacent to an activating group) is 1. The van der Waals surface area contributed by atoms with Gasteiger partial charge in [0.2, 0.25) is 5.91 Å². The molecule has 4 nitrogen and oxygen atoms in total. The van der Waals surface area contributed by atoms with Crippen molar-refractivity contribution >= 4 is 5.91 Å². The molecule has 0 spiro atoms. The van der Waals surface area contributed by atoms with Crippen LogP contribution in [0.5, 0.6) is 0 Å². The van der Waals surface area contributed by atoms with Gasteiger partial charge in [-0.25, -0.2) is 9.37 Å². The highest BCUT2D eigenvalue weighted by Gasteiger charge is 2.22. The van der Waals surface area contributed by atoms with E-state index in [1.165, 1.54) is 6.07 Å². The van der Waals surface area contributed by atoms with Crippen molar-refractivity contribution < 1.29 is 9.18 Å². The Bertz CT molecular complexity index is 667. The van der Waals surface area contributed by atoms with Crippen LogP contribution in [0, 0.1) is 11.7 Å². The molecule has 2 aromatic rings. The van der Waals surface area contributed by atoms with Crippen LogP contribution in [0.1, 0.15) is 17.8 Å². The van der Waals surface area contributed by atoms with Gasteiger partial charge in [0.25, 0.3) is 0 Å². The third-order valence-corrected chi connectivity index (χ3v) is 4.31. The van der Waals surface area contributed by atoms with Crippen molar-refractivity contribution in [1.82, 2.24) is 14.5 Å². The van der Waals surface area contributed by atoms with E-state index in [9.17, 15) is 9.18 Å². The maximum absolute atomic E-state index is 13.6. The zero-order chi connectivity index (χ0) is 15.5. The van der Waals surface area contributed by atoms with E-state index >= 15 is 0 Å². The Labute approximate surface area is 129 Å². The fraction of sp³-hybridized carbons (Fsp3) is 0.412. The van der Waals surface area contributed by atoms with Crippen LogP contribution in [0.3, 0.4) is 0 Å². The average Bonchev–Trinajstić information content (AvgIpc) is 2.97. The SMILES string of the molecule is CN(CC1CCn2ccnc2C1)C(=O)Cc1ccccc1F. The second-order valence-corrected chi connectivity index (χ2v) is 5.94. The molecule has 0 fully saturated rings. The van der Waals surface area contributed by atoms with E-state index in [0.29, 0.717) is 18.0 Å². The molecule has 0 N–H and O–H groups in total. The largest absolute Gasteiger partial charge is 0.345 e. The number of carbonyl (C=O) groups excluding carboxylic acids is 1. The van der Waals surface area contributed by atoms with Crippen LogP contribution in [0.15, 0.2) is 36.7 Å². The summed E-state index contributed by atoms with van der Waals surface area (Å²) in [5.74, 6) is 1.15. The van der Waals surface area contributed by atoms with Crippen LogP contribution in [0.2, 0.25) is 0 Å². The lowest BCUT2D eigenvalue weighted by atomic mass is 9.97. The van der Waals surface area contributed by atoms with Gasteiger partial charge >= 0.3 is 0 Å². The molecule has 1 aliphatic heterocycles. The predicted molar refractivity (Wildman–Crippen MR) is 81.8 cm³/mol. The van der Waals surface area contributed by atoms with Gasteiger partial charge in [0.05, 0.1) is 6.42 Å². The van der Waals surface area contributed by atoms with E-state index in [1.807, 2.05) is 12.4 Å². The molecule has 116 valence electrons. The molecule has 0 aliphatic carbocycles. The van der Waals surface area contributed by atoms with E-state index in [4.69, 9.17) is 0 Å². The Balaban J connectivity index is 1.57. The molecule has 5 heteroatoms. The molecule has 1 aromatic heterocycles. The van der Waals surface area contributed by atoms with Crippen molar-refractivity contribution in [1.29, 1.82) is 0 Å². The molecule has 3 rings (SSSR count). The molecule has 1 aliphatic rings. The first-order chi connectivity index (χ1) is 10.6. The number of aryl methyl sites for hydroxylation is 1. The molecule has 22 heavy (non-hydrogen) atoms. The van der Waals surface area contributed by atoms with Gasteiger partial charge in [0.15, 0.2) is 0 Å². The second kappa shape index (κ2) is 6.30. The summed E-state index contributed by atoms with van der Waals surface area (Å²) in [5.41, 5.74) is 0.457. The minimum absolute atomic E-state index is 0.0426. The molecule has 2 heterocycles. The van der Waals surface area contributed by atoms with Crippen molar-refractivity contribution in [2.45, 2.75) is 25.8 Å². The third kappa shape index (κ3) is 3.18. The number of amides is 1. The number of imidazole rings is 1. The van der Waals surface area contributed by atoms with E-state index < -0.39 is 0 Å². The Morgan fingerprint density at radius 3 is 3.09 bits per heavy atom. The van der Waals surface area contributed by atoms with Crippen LogP contribution in [-0.2, 0) is 24.2 Å². The minimum atomic E-state index is -0.316. The summed E-state index contributed by atoms with van der Waals surface area (Å²) in [7, 11) is 1.80. The summed E-state index contributed by atoms with van der Waals surface area (Å²) in [6.45, 7) is 1.65. The summed E-state index contributed by atoms with van der Waals surface area (Å²) in [5, 5.41) is 0. The summed E-state index contributed by atoms with van der Waals surface area (Å²) < 4.78 is 15.8. The van der Waals surface area contributed by atoms with Crippen LogP contribution >= 0.6 is 0 Å². The minimum Gasteiger partial charge on any atom is -0.345 e. The van der Waals surface area contributed by atoms with Gasteiger partial charge in [-0.2, -0.15) is 0 Å². The van der Waals surface area contributed by atoms with E-state index in [2.05, 4.69) is 9.55 Å². The van der Waals surface area contributed by atoms with Gasteiger partial charge in [-0.05, 0) is 24.0 Å². The quantitative estimate of drug-likeness (QED) is 0.869. The number of fused-ring (bicyclic) bond motifs is 1. The van der Waals surface area contributed by atoms with Gasteiger partial charge in [-0.3, -0.25) is 4.79 Å². The molecule has 1 atom stereocenters. The average molecular weight is 301 g/mol. The van der Waals surface area contributed by atoms with Crippen LogP contribution in [0.25, 0.3) is 0 Å². The molecule has 0 radical (unpaired) electrons. The first-order valence-corrected chi connectivity index (χ1v) is 7.61. The van der Waals surface area contributed by atoms with E-state index in [1.54, 1.807) is 30.1 Å². The van der Waals surface area contributed by atoms with Crippen LogP contribution in [0.4, 0.5) is 4.39 Å². The number of carbonyl (C=O) groups is 1. The number of hydrogen-bond acceptors (Lipinski definition) is 2. The first kappa shape index (κ1) is 14.8. The standard InChI is InChI=1S/C17H20FN3O/c1-20(17(22)11-14-4-2-3-5-15(14)18)12-13-6-8-21-9-7-19-16(21)10-13/h2-5,7,9,13H,6,8,10-12H2,1H3. The number of benzene rings is 1. The number of hydrogen-bond donors (Lipinski definition) is 0. The monoisotopic (exact) mass is 301 g/mol. The highest BCUT2D eigenvalue weighted by molar-refractivity contribution is 5.78. The molecular formula is C17H20FN3O. The molecule has 0 saturated carbocycles. The predicted octanol–water partition coefficient (Wildman–Crippen LogP) is 2.29. The highest BCUT2D eigenvalue weighted by Crippen LogP contribution is 2.20. The maximum Gasteiger partial charge on any atom is 0.226 e. The first-order valence-electron chi connectivity index (χ1n) is 7.61. The van der Waals surface area contributed by atoms with Gasteiger partial charge in [-0.15, -0.1) is 0 Å². The van der Waals surface area contributed by atoms with Gasteiger partial charge in [0.1, 0.15) is 11.6 Å². The van der Waals surface area contributed by atoms with Crippen LogP contribution < -0.4 is 0 Å². The summed E-state index contributed by atoms with van der Waals surface area (Å²) >= 11 is 0. The Kier molecular flexibility index (Phi) is 4.22. The van der Waals surface area contributed by atoms with Crippen LogP contribution in [-0.4, -0.2) is 34.0 Å². The zero-order valence-corrected chi connectivity index (χ0v) is 12.7. The fourth-order valence-corrected chi connectivity index (χ4v) is 3.00. The van der Waals surface area contributed by atoms with Crippen molar-refractivity contribution in [2.24, 2.45) is 5.92 Å². The Morgan fingerprint density at radius 1 is 1.45 bits per heavy atom. The van der Waals surface area contributed by atoms with Crippen molar-refractivity contribution in [2.75, 3.05) is 13.6 Å². The summed E-state index contributed by atoms with van der Waals surface area (Å²) in [4.78, 5) is 18.3. The lowest BCUT2D eigenvalue weighted by Crippen LogP contribution is -2.35. The number of nitrogens with zero attached hydrogens (tertiary/aromatic N) is 3. The second-order valence-electron chi connectivity index (χ2n) is 5.94. The lowest BCUT2D eigenvalue weighted by Gasteiger charge is -2.28. The van der Waals surface area contributed by atoms with Crippen molar-refractivity contribution in [3.63, 3.8) is 0 Å². The Morgan fingerprint density at radius 2 is 2.27 bits per heavy atom. The van der Waals surface area contributed by atoms with Crippen molar-refractivity contribution in [3.8, 4) is 0 Å². The molecule has 1 aromatic carbocycles. The number of rotatable bonds is 4. The van der Waals surface area contributed by atoms with Gasteiger partial charge in [-0.1, -0.05) is 18.2 Å². The lowest BCUT2D eigenvalue weighted by molar-refractivity contribution is -0.129. The van der Waals surface area contributed by atoms with E-state index in [0.717, 1.165) is 25.2 Å². The molecular weight excluding hydrogens is 281 g/mol. The Hall–Kier alpha value is -2.17.